The van der Waals surface area contributed by atoms with E-state index in [0.29, 0.717) is 28.8 Å². The lowest BCUT2D eigenvalue weighted by molar-refractivity contribution is -0.192. The van der Waals surface area contributed by atoms with E-state index in [-0.39, 0.29) is 24.2 Å². The van der Waals surface area contributed by atoms with Crippen LogP contribution in [0, 0.1) is 0 Å². The summed E-state index contributed by atoms with van der Waals surface area (Å²) in [4.78, 5) is 13.4. The van der Waals surface area contributed by atoms with Crippen LogP contribution in [0.25, 0.3) is 0 Å². The molecule has 0 aliphatic carbocycles. The number of fused-ring (bicyclic) bond motifs is 1. The minimum atomic E-state index is -4.27. The molecule has 4 rings (SSSR count). The number of hydrogen-bond donors (Lipinski definition) is 1. The number of rotatable bonds is 8. The number of halogens is 4. The quantitative estimate of drug-likeness (QED) is 0.336. The second kappa shape index (κ2) is 9.90. The highest BCUT2D eigenvalue weighted by molar-refractivity contribution is 9.10. The van der Waals surface area contributed by atoms with Crippen LogP contribution in [-0.4, -0.2) is 40.7 Å². The third-order valence-electron chi connectivity index (χ3n) is 6.39. The minimum absolute atomic E-state index is 0.0431. The molecular weight excluding hydrogens is 535 g/mol. The van der Waals surface area contributed by atoms with Crippen LogP contribution in [0.15, 0.2) is 77.3 Å². The lowest BCUT2D eigenvalue weighted by atomic mass is 9.71. The van der Waals surface area contributed by atoms with E-state index in [4.69, 9.17) is 4.74 Å². The maximum Gasteiger partial charge on any atom is 0.377 e. The first-order valence-electron chi connectivity index (χ1n) is 11.6. The normalized spacial score (nSPS) is 18.5. The number of alkyl halides is 3. The van der Waals surface area contributed by atoms with Crippen molar-refractivity contribution >= 4 is 21.9 Å². The standard InChI is InChI=1S/C28H27BrF3NO3/c1-26(2,30)18-33-15-14-20-16-23(36-17-19-6-4-3-5-7-19)12-13-24(20)27(33,28(31,32)25(34)35)21-8-10-22(29)11-9-21/h3-13,16H,14-15,17-18H2,1-2H3,(H,34,35). The number of carboxylic acid groups (broad SMARTS) is 1. The van der Waals surface area contributed by atoms with Crippen molar-refractivity contribution in [2.75, 3.05) is 13.1 Å². The largest absolute Gasteiger partial charge is 0.489 e. The Labute approximate surface area is 216 Å². The van der Waals surface area contributed by atoms with Gasteiger partial charge in [-0.15, -0.1) is 0 Å². The number of hydrogen-bond acceptors (Lipinski definition) is 3. The van der Waals surface area contributed by atoms with Crippen molar-refractivity contribution in [3.63, 3.8) is 0 Å². The zero-order chi connectivity index (χ0) is 26.1. The van der Waals surface area contributed by atoms with Crippen LogP contribution in [0.1, 0.15) is 36.1 Å². The number of nitrogens with zero attached hydrogens (tertiary/aromatic N) is 1. The van der Waals surface area contributed by atoms with Gasteiger partial charge < -0.3 is 9.84 Å². The Bertz CT molecular complexity index is 1230. The van der Waals surface area contributed by atoms with E-state index >= 15 is 8.78 Å². The molecule has 3 aromatic rings. The van der Waals surface area contributed by atoms with Crippen molar-refractivity contribution in [1.29, 1.82) is 0 Å². The topological polar surface area (TPSA) is 49.8 Å². The Morgan fingerprint density at radius 3 is 2.33 bits per heavy atom. The van der Waals surface area contributed by atoms with Crippen molar-refractivity contribution < 1.29 is 27.8 Å². The summed E-state index contributed by atoms with van der Waals surface area (Å²) in [7, 11) is 0. The fraction of sp³-hybridized carbons (Fsp3) is 0.321. The Balaban J connectivity index is 1.88. The van der Waals surface area contributed by atoms with E-state index in [1.165, 1.54) is 36.9 Å². The Morgan fingerprint density at radius 2 is 1.72 bits per heavy atom. The summed E-state index contributed by atoms with van der Waals surface area (Å²) in [6.07, 6.45) is 0.335. The summed E-state index contributed by atoms with van der Waals surface area (Å²) in [5.41, 5.74) is -2.58. The highest BCUT2D eigenvalue weighted by Gasteiger charge is 2.66. The van der Waals surface area contributed by atoms with Crippen LogP contribution in [-0.2, 0) is 23.4 Å². The van der Waals surface area contributed by atoms with Crippen LogP contribution in [0.5, 0.6) is 5.75 Å². The number of aliphatic carboxylic acids is 1. The SMILES string of the molecule is CC(C)(F)CN1CCc2cc(OCc3ccccc3)ccc2C1(c1ccc(Br)cc1)C(F)(F)C(=O)O. The van der Waals surface area contributed by atoms with Crippen LogP contribution in [0.3, 0.4) is 0 Å². The van der Waals surface area contributed by atoms with Gasteiger partial charge in [-0.25, -0.2) is 9.18 Å². The molecule has 1 heterocycles. The first-order chi connectivity index (χ1) is 16.9. The number of benzene rings is 3. The molecule has 0 saturated heterocycles. The third-order valence-corrected chi connectivity index (χ3v) is 6.92. The van der Waals surface area contributed by atoms with Gasteiger partial charge >= 0.3 is 11.9 Å². The van der Waals surface area contributed by atoms with E-state index in [2.05, 4.69) is 15.9 Å². The first-order valence-corrected chi connectivity index (χ1v) is 12.4. The highest BCUT2D eigenvalue weighted by atomic mass is 79.9. The molecule has 0 radical (unpaired) electrons. The molecule has 1 aliphatic rings. The average molecular weight is 562 g/mol. The summed E-state index contributed by atoms with van der Waals surface area (Å²) in [5, 5.41) is 9.78. The second-order valence-corrected chi connectivity index (χ2v) is 10.5. The monoisotopic (exact) mass is 561 g/mol. The molecule has 1 N–H and O–H groups in total. The zero-order valence-electron chi connectivity index (χ0n) is 20.0. The zero-order valence-corrected chi connectivity index (χ0v) is 21.6. The van der Waals surface area contributed by atoms with E-state index in [9.17, 15) is 14.3 Å². The molecule has 0 saturated carbocycles. The molecule has 1 atom stereocenters. The van der Waals surface area contributed by atoms with Gasteiger partial charge in [-0.2, -0.15) is 8.78 Å². The van der Waals surface area contributed by atoms with Crippen LogP contribution in [0.2, 0.25) is 0 Å². The molecule has 3 aromatic carbocycles. The molecule has 4 nitrogen and oxygen atoms in total. The molecule has 0 fully saturated rings. The fourth-order valence-corrected chi connectivity index (χ4v) is 5.20. The van der Waals surface area contributed by atoms with E-state index in [1.807, 2.05) is 30.3 Å². The molecule has 36 heavy (non-hydrogen) atoms. The highest BCUT2D eigenvalue weighted by Crippen LogP contribution is 2.52. The van der Waals surface area contributed by atoms with Gasteiger partial charge in [0.05, 0.1) is 0 Å². The molecule has 1 unspecified atom stereocenters. The molecule has 0 aromatic heterocycles. The molecule has 0 spiro atoms. The van der Waals surface area contributed by atoms with Crippen molar-refractivity contribution in [2.45, 2.75) is 44.0 Å². The molecule has 1 aliphatic heterocycles. The molecule has 0 amide bonds. The Morgan fingerprint density at radius 1 is 1.06 bits per heavy atom. The summed E-state index contributed by atoms with van der Waals surface area (Å²) < 4.78 is 53.6. The van der Waals surface area contributed by atoms with Gasteiger partial charge in [0.15, 0.2) is 0 Å². The van der Waals surface area contributed by atoms with E-state index in [0.717, 1.165) is 5.56 Å². The predicted octanol–water partition coefficient (Wildman–Crippen LogP) is 6.60. The van der Waals surface area contributed by atoms with Gasteiger partial charge in [0.25, 0.3) is 0 Å². The molecule has 190 valence electrons. The third kappa shape index (κ3) is 4.89. The summed E-state index contributed by atoms with van der Waals surface area (Å²) in [6, 6.07) is 20.4. The van der Waals surface area contributed by atoms with Crippen molar-refractivity contribution in [1.82, 2.24) is 4.90 Å². The molecule has 8 heteroatoms. The van der Waals surface area contributed by atoms with Gasteiger partial charge in [-0.1, -0.05) is 64.5 Å². The molecular formula is C28H27BrF3NO3. The van der Waals surface area contributed by atoms with Crippen LogP contribution < -0.4 is 4.74 Å². The second-order valence-electron chi connectivity index (χ2n) is 9.58. The summed E-state index contributed by atoms with van der Waals surface area (Å²) in [6.45, 7) is 2.56. The van der Waals surface area contributed by atoms with Gasteiger partial charge in [-0.05, 0) is 66.8 Å². The number of carbonyl (C=O) groups is 1. The van der Waals surface area contributed by atoms with Crippen LogP contribution >= 0.6 is 15.9 Å². The van der Waals surface area contributed by atoms with E-state index in [1.54, 1.807) is 24.3 Å². The van der Waals surface area contributed by atoms with Gasteiger partial charge in [0.2, 0.25) is 0 Å². The van der Waals surface area contributed by atoms with E-state index < -0.39 is 23.1 Å². The average Bonchev–Trinajstić information content (AvgIpc) is 2.83. The fourth-order valence-electron chi connectivity index (χ4n) is 4.94. The maximum atomic E-state index is 16.0. The van der Waals surface area contributed by atoms with Crippen molar-refractivity contribution in [3.05, 3.63) is 99.5 Å². The minimum Gasteiger partial charge on any atom is -0.489 e. The van der Waals surface area contributed by atoms with Crippen molar-refractivity contribution in [3.8, 4) is 5.75 Å². The number of carboxylic acids is 1. The molecule has 0 bridgehead atoms. The van der Waals surface area contributed by atoms with Crippen molar-refractivity contribution in [2.24, 2.45) is 0 Å². The Hall–Kier alpha value is -2.84. The van der Waals surface area contributed by atoms with Gasteiger partial charge in [-0.3, -0.25) is 4.90 Å². The maximum absolute atomic E-state index is 16.0. The predicted molar refractivity (Wildman–Crippen MR) is 135 cm³/mol. The summed E-state index contributed by atoms with van der Waals surface area (Å²) >= 11 is 3.31. The van der Waals surface area contributed by atoms with Crippen LogP contribution in [0.4, 0.5) is 13.2 Å². The number of ether oxygens (including phenoxy) is 1. The van der Waals surface area contributed by atoms with Gasteiger partial charge in [0.1, 0.15) is 23.6 Å². The summed E-state index contributed by atoms with van der Waals surface area (Å²) in [5.74, 6) is -6.06. The smallest absolute Gasteiger partial charge is 0.377 e. The lowest BCUT2D eigenvalue weighted by Crippen LogP contribution is -2.65. The lowest BCUT2D eigenvalue weighted by Gasteiger charge is -2.52. The Kier molecular flexibility index (Phi) is 7.21. The van der Waals surface area contributed by atoms with Gasteiger partial charge in [0, 0.05) is 17.6 Å². The first kappa shape index (κ1) is 26.2.